The topological polar surface area (TPSA) is 94.1 Å². The van der Waals surface area contributed by atoms with Crippen molar-refractivity contribution >= 4 is 6.21 Å². The summed E-state index contributed by atoms with van der Waals surface area (Å²) < 4.78 is 71.7. The summed E-state index contributed by atoms with van der Waals surface area (Å²) in [4.78, 5) is 7.27. The molecule has 12 heteroatoms. The molecular formula is C23H13F5N6O. The molecule has 0 saturated carbocycles. The first kappa shape index (κ1) is 22.3. The minimum absolute atomic E-state index is 0.00895. The highest BCUT2D eigenvalue weighted by molar-refractivity contribution is 5.80. The number of fused-ring (bicyclic) bond motifs is 1. The number of halogens is 5. The lowest BCUT2D eigenvalue weighted by Crippen LogP contribution is -2.21. The third-order valence-corrected chi connectivity index (χ3v) is 5.34. The number of nitriles is 1. The molecule has 0 aliphatic carbocycles. The van der Waals surface area contributed by atoms with Gasteiger partial charge in [-0.25, -0.2) is 13.8 Å². The molecule has 1 aliphatic heterocycles. The van der Waals surface area contributed by atoms with Crippen LogP contribution in [0.25, 0.3) is 22.7 Å². The van der Waals surface area contributed by atoms with Gasteiger partial charge in [-0.1, -0.05) is 11.2 Å². The van der Waals surface area contributed by atoms with Gasteiger partial charge in [-0.2, -0.15) is 23.5 Å². The monoisotopic (exact) mass is 484 g/mol. The average molecular weight is 484 g/mol. The Bertz CT molecular complexity index is 1500. The summed E-state index contributed by atoms with van der Waals surface area (Å²) in [6.45, 7) is 0.393. The van der Waals surface area contributed by atoms with Crippen LogP contribution in [0.15, 0.2) is 52.1 Å². The maximum Gasteiger partial charge on any atom is 0.416 e. The Kier molecular flexibility index (Phi) is 5.32. The summed E-state index contributed by atoms with van der Waals surface area (Å²) in [5, 5.41) is 19.1. The van der Waals surface area contributed by atoms with E-state index in [4.69, 9.17) is 4.52 Å². The van der Waals surface area contributed by atoms with Gasteiger partial charge < -0.3 is 9.51 Å². The average Bonchev–Trinajstić information content (AvgIpc) is 3.46. The van der Waals surface area contributed by atoms with Crippen molar-refractivity contribution in [1.29, 1.82) is 5.26 Å². The van der Waals surface area contributed by atoms with Crippen LogP contribution >= 0.6 is 0 Å². The number of hydrogen-bond donors (Lipinski definition) is 1. The fourth-order valence-electron chi connectivity index (χ4n) is 3.64. The number of hydrogen-bond acceptors (Lipinski definition) is 6. The minimum Gasteiger partial charge on any atom is -0.356 e. The molecule has 0 radical (unpaired) electrons. The van der Waals surface area contributed by atoms with Gasteiger partial charge in [0.15, 0.2) is 17.4 Å². The number of hydrazone groups is 1. The Morgan fingerprint density at radius 2 is 1.94 bits per heavy atom. The van der Waals surface area contributed by atoms with Gasteiger partial charge in [0.1, 0.15) is 11.5 Å². The SMILES string of the molecule is N#Cc1cc(C(F)(F)F)ccc1-c1cc(CN2Cc3nc(-c4cccc(F)c4F)[nH]c3C=N2)no1. The first-order chi connectivity index (χ1) is 16.7. The molecule has 5 rings (SSSR count). The Balaban J connectivity index is 1.33. The lowest BCUT2D eigenvalue weighted by Gasteiger charge is -2.19. The fourth-order valence-corrected chi connectivity index (χ4v) is 3.64. The second-order valence-electron chi connectivity index (χ2n) is 7.67. The number of nitrogens with one attached hydrogen (secondary N) is 1. The van der Waals surface area contributed by atoms with Crippen molar-refractivity contribution < 1.29 is 26.5 Å². The minimum atomic E-state index is -4.58. The van der Waals surface area contributed by atoms with Crippen LogP contribution in [0.4, 0.5) is 22.0 Å². The van der Waals surface area contributed by atoms with Gasteiger partial charge >= 0.3 is 6.18 Å². The normalized spacial score (nSPS) is 13.1. The van der Waals surface area contributed by atoms with Gasteiger partial charge in [0.2, 0.25) is 0 Å². The van der Waals surface area contributed by atoms with Crippen LogP contribution in [0, 0.1) is 23.0 Å². The maximum absolute atomic E-state index is 14.1. The predicted molar refractivity (Wildman–Crippen MR) is 112 cm³/mol. The van der Waals surface area contributed by atoms with Gasteiger partial charge in [-0.3, -0.25) is 5.01 Å². The Labute approximate surface area is 194 Å². The van der Waals surface area contributed by atoms with E-state index in [9.17, 15) is 27.2 Å². The van der Waals surface area contributed by atoms with E-state index in [1.807, 2.05) is 0 Å². The zero-order chi connectivity index (χ0) is 24.7. The van der Waals surface area contributed by atoms with Crippen molar-refractivity contribution in [2.45, 2.75) is 19.3 Å². The first-order valence-corrected chi connectivity index (χ1v) is 10.1. The maximum atomic E-state index is 14.1. The molecule has 0 unspecified atom stereocenters. The van der Waals surface area contributed by atoms with Crippen molar-refractivity contribution in [3.05, 3.63) is 82.3 Å². The Morgan fingerprint density at radius 3 is 2.71 bits per heavy atom. The molecule has 0 amide bonds. The zero-order valence-electron chi connectivity index (χ0n) is 17.6. The van der Waals surface area contributed by atoms with Crippen molar-refractivity contribution in [2.24, 2.45) is 5.10 Å². The fraction of sp³-hybridized carbons (Fsp3) is 0.130. The third kappa shape index (κ3) is 4.23. The number of H-pyrrole nitrogens is 1. The highest BCUT2D eigenvalue weighted by Gasteiger charge is 2.31. The van der Waals surface area contributed by atoms with Crippen molar-refractivity contribution in [2.75, 3.05) is 0 Å². The molecule has 176 valence electrons. The van der Waals surface area contributed by atoms with Crippen LogP contribution in [0.5, 0.6) is 0 Å². The summed E-state index contributed by atoms with van der Waals surface area (Å²) in [6.07, 6.45) is -3.09. The number of benzene rings is 2. The van der Waals surface area contributed by atoms with Gasteiger partial charge in [0, 0.05) is 11.6 Å². The molecule has 2 aromatic heterocycles. The van der Waals surface area contributed by atoms with Gasteiger partial charge in [0.05, 0.1) is 53.5 Å². The quantitative estimate of drug-likeness (QED) is 0.400. The van der Waals surface area contributed by atoms with E-state index < -0.39 is 23.4 Å². The molecule has 0 saturated heterocycles. The zero-order valence-corrected chi connectivity index (χ0v) is 17.6. The number of aromatic nitrogens is 3. The smallest absolute Gasteiger partial charge is 0.356 e. The molecule has 3 heterocycles. The molecule has 0 fully saturated rings. The second kappa shape index (κ2) is 8.35. The Morgan fingerprint density at radius 1 is 1.11 bits per heavy atom. The lowest BCUT2D eigenvalue weighted by molar-refractivity contribution is -0.137. The highest BCUT2D eigenvalue weighted by atomic mass is 19.4. The van der Waals surface area contributed by atoms with Gasteiger partial charge in [-0.05, 0) is 30.3 Å². The molecule has 35 heavy (non-hydrogen) atoms. The van der Waals surface area contributed by atoms with Crippen LogP contribution in [-0.2, 0) is 19.3 Å². The molecular weight excluding hydrogens is 471 g/mol. The van der Waals surface area contributed by atoms with Crippen LogP contribution in [-0.4, -0.2) is 26.3 Å². The van der Waals surface area contributed by atoms with E-state index in [1.54, 1.807) is 11.1 Å². The number of nitrogens with zero attached hydrogens (tertiary/aromatic N) is 5. The Hall–Kier alpha value is -4.53. The van der Waals surface area contributed by atoms with Crippen LogP contribution in [0.1, 0.15) is 28.2 Å². The molecule has 0 atom stereocenters. The highest BCUT2D eigenvalue weighted by Crippen LogP contribution is 2.33. The molecule has 1 N–H and O–H groups in total. The third-order valence-electron chi connectivity index (χ3n) is 5.34. The number of aromatic amines is 1. The van der Waals surface area contributed by atoms with E-state index in [0.29, 0.717) is 17.1 Å². The van der Waals surface area contributed by atoms with Gasteiger partial charge in [0.25, 0.3) is 0 Å². The van der Waals surface area contributed by atoms with Crippen molar-refractivity contribution in [3.8, 4) is 28.8 Å². The van der Waals surface area contributed by atoms with E-state index in [2.05, 4.69) is 20.2 Å². The second-order valence-corrected chi connectivity index (χ2v) is 7.67. The van der Waals surface area contributed by atoms with Crippen LogP contribution in [0.2, 0.25) is 0 Å². The van der Waals surface area contributed by atoms with E-state index in [1.165, 1.54) is 24.4 Å². The molecule has 0 spiro atoms. The molecule has 7 nitrogen and oxygen atoms in total. The standard InChI is InChI=1S/C23H13F5N6O/c24-17-3-1-2-16(21(17)25)22-31-18-9-30-34(11-19(18)32-22)10-14-7-20(35-33-14)15-5-4-13(23(26,27)28)6-12(15)8-29/h1-7,9H,10-11H2,(H,31,32). The molecule has 0 bridgehead atoms. The van der Waals surface area contributed by atoms with E-state index >= 15 is 0 Å². The number of alkyl halides is 3. The summed E-state index contributed by atoms with van der Waals surface area (Å²) in [5.74, 6) is -1.70. The van der Waals surface area contributed by atoms with Crippen molar-refractivity contribution in [3.63, 3.8) is 0 Å². The lowest BCUT2D eigenvalue weighted by atomic mass is 10.0. The largest absolute Gasteiger partial charge is 0.416 e. The predicted octanol–water partition coefficient (Wildman–Crippen LogP) is 5.25. The molecule has 4 aromatic rings. The van der Waals surface area contributed by atoms with Crippen LogP contribution in [0.3, 0.4) is 0 Å². The van der Waals surface area contributed by atoms with E-state index in [-0.39, 0.29) is 41.4 Å². The number of imidazole rings is 1. The molecule has 2 aromatic carbocycles. The summed E-state index contributed by atoms with van der Waals surface area (Å²) >= 11 is 0. The number of rotatable bonds is 4. The van der Waals surface area contributed by atoms with Gasteiger partial charge in [-0.15, -0.1) is 0 Å². The summed E-state index contributed by atoms with van der Waals surface area (Å²) in [5.41, 5.74) is 0.546. The van der Waals surface area contributed by atoms with E-state index in [0.717, 1.165) is 24.3 Å². The first-order valence-electron chi connectivity index (χ1n) is 10.1. The summed E-state index contributed by atoms with van der Waals surface area (Å²) in [6, 6.07) is 9.84. The summed E-state index contributed by atoms with van der Waals surface area (Å²) in [7, 11) is 0. The van der Waals surface area contributed by atoms with Crippen LogP contribution < -0.4 is 0 Å². The van der Waals surface area contributed by atoms with Crippen molar-refractivity contribution in [1.82, 2.24) is 20.1 Å². The molecule has 1 aliphatic rings.